The number of hydrogen-bond donors (Lipinski definition) is 6. The number of nitrogens with zero attached hydrogens (tertiary/aromatic N) is 4. The number of ether oxygens (including phenoxy) is 2. The van der Waals surface area contributed by atoms with Gasteiger partial charge in [0.05, 0.1) is 48.0 Å². The van der Waals surface area contributed by atoms with Gasteiger partial charge in [-0.25, -0.2) is 9.97 Å². The highest BCUT2D eigenvalue weighted by molar-refractivity contribution is 6.39. The Hall–Kier alpha value is -4.88. The summed E-state index contributed by atoms with van der Waals surface area (Å²) in [5.74, 6) is 0.711. The lowest BCUT2D eigenvalue weighted by atomic mass is 9.98. The Bertz CT molecular complexity index is 1680. The molecule has 2 aromatic carbocycles. The average Bonchev–Trinajstić information content (AvgIpc) is 3.10. The van der Waals surface area contributed by atoms with Gasteiger partial charge < -0.3 is 41.6 Å². The van der Waals surface area contributed by atoms with Crippen molar-refractivity contribution in [1.29, 1.82) is 10.8 Å². The molecule has 0 atom stereocenters. The number of rotatable bonds is 17. The van der Waals surface area contributed by atoms with E-state index in [0.29, 0.717) is 104 Å². The molecule has 0 unspecified atom stereocenters. The number of nitrogens with one attached hydrogen (secondary N) is 6. The predicted octanol–water partition coefficient (Wildman–Crippen LogP) is 5.28. The lowest BCUT2D eigenvalue weighted by Gasteiger charge is -2.15. The SMILES string of the molecule is CN/C=C\C(=N)CNCc1ncc(-c2cccc(-c3cccc(-c4cnc(CNCC(=N)/C=C\NC)c(OC)n4)c3Cl)c2Cl)nc1OC. The van der Waals surface area contributed by atoms with E-state index in [1.165, 1.54) is 14.2 Å². The Balaban J connectivity index is 1.57. The fourth-order valence-electron chi connectivity index (χ4n) is 4.62. The van der Waals surface area contributed by atoms with E-state index in [2.05, 4.69) is 41.2 Å². The fourth-order valence-corrected chi connectivity index (χ4v) is 5.26. The van der Waals surface area contributed by atoms with Gasteiger partial charge in [0.1, 0.15) is 11.4 Å². The highest BCUT2D eigenvalue weighted by atomic mass is 35.5. The smallest absolute Gasteiger partial charge is 0.237 e. The first kappa shape index (κ1) is 36.0. The standard InChI is InChI=1S/C34H38Cl2N10O2/c1-39-13-11-21(37)15-41-17-29-33(47-3)45-27(19-43-29)25-9-5-7-23(31(25)35)24-8-6-10-26(32(24)36)28-20-44-30(34(46-28)48-4)18-42-16-22(38)12-14-40-2/h5-14,19-20,37-42H,15-18H2,1-4H3/b13-11-,14-12-,37-21?,38-22?. The van der Waals surface area contributed by atoms with E-state index in [0.717, 1.165) is 0 Å². The summed E-state index contributed by atoms with van der Waals surface area (Å²) in [5.41, 5.74) is 5.85. The topological polar surface area (TPSA) is 166 Å². The molecule has 48 heavy (non-hydrogen) atoms. The van der Waals surface area contributed by atoms with Crippen LogP contribution in [0, 0.1) is 10.8 Å². The molecule has 0 bridgehead atoms. The van der Waals surface area contributed by atoms with Crippen molar-refractivity contribution in [3.63, 3.8) is 0 Å². The molecule has 2 heterocycles. The molecule has 4 aromatic rings. The molecule has 0 radical (unpaired) electrons. The molecule has 0 aliphatic carbocycles. The van der Waals surface area contributed by atoms with Crippen LogP contribution >= 0.6 is 23.2 Å². The molecule has 4 rings (SSSR count). The maximum atomic E-state index is 7.97. The summed E-state index contributed by atoms with van der Waals surface area (Å²) in [5, 5.41) is 28.9. The third-order valence-corrected chi connectivity index (χ3v) is 7.78. The Morgan fingerprint density at radius 3 is 1.46 bits per heavy atom. The number of methoxy groups -OCH3 is 2. The van der Waals surface area contributed by atoms with Gasteiger partial charge in [-0.3, -0.25) is 9.97 Å². The van der Waals surface area contributed by atoms with Crippen LogP contribution in [0.15, 0.2) is 73.3 Å². The van der Waals surface area contributed by atoms with Crippen molar-refractivity contribution < 1.29 is 9.47 Å². The highest BCUT2D eigenvalue weighted by Gasteiger charge is 2.19. The van der Waals surface area contributed by atoms with Gasteiger partial charge in [0.25, 0.3) is 0 Å². The summed E-state index contributed by atoms with van der Waals surface area (Å²) in [6.45, 7) is 1.46. The molecule has 0 aliphatic rings. The number of aromatic nitrogens is 4. The van der Waals surface area contributed by atoms with E-state index in [-0.39, 0.29) is 0 Å². The summed E-state index contributed by atoms with van der Waals surface area (Å²) >= 11 is 14.0. The zero-order chi connectivity index (χ0) is 34.5. The van der Waals surface area contributed by atoms with Crippen LogP contribution in [0.5, 0.6) is 11.8 Å². The maximum Gasteiger partial charge on any atom is 0.237 e. The van der Waals surface area contributed by atoms with E-state index in [4.69, 9.17) is 43.5 Å². The van der Waals surface area contributed by atoms with Crippen LogP contribution in [-0.4, -0.2) is 72.8 Å². The van der Waals surface area contributed by atoms with Crippen LogP contribution in [0.25, 0.3) is 33.6 Å². The van der Waals surface area contributed by atoms with E-state index >= 15 is 0 Å². The first-order valence-electron chi connectivity index (χ1n) is 14.9. The summed E-state index contributed by atoms with van der Waals surface area (Å²) in [6, 6.07) is 11.3. The molecule has 0 saturated carbocycles. The van der Waals surface area contributed by atoms with Crippen molar-refractivity contribution in [2.24, 2.45) is 0 Å². The van der Waals surface area contributed by atoms with Crippen LogP contribution in [0.1, 0.15) is 11.4 Å². The van der Waals surface area contributed by atoms with E-state index < -0.39 is 0 Å². The summed E-state index contributed by atoms with van der Waals surface area (Å²) in [4.78, 5) is 18.5. The first-order chi connectivity index (χ1) is 23.3. The fraction of sp³-hybridized carbons (Fsp3) is 0.235. The Morgan fingerprint density at radius 1 is 0.688 bits per heavy atom. The number of benzene rings is 2. The molecule has 0 amide bonds. The van der Waals surface area contributed by atoms with E-state index in [1.54, 1.807) is 51.0 Å². The average molecular weight is 690 g/mol. The molecule has 12 nitrogen and oxygen atoms in total. The van der Waals surface area contributed by atoms with E-state index in [9.17, 15) is 0 Å². The maximum absolute atomic E-state index is 7.97. The molecule has 0 saturated heterocycles. The third-order valence-electron chi connectivity index (χ3n) is 6.97. The van der Waals surface area contributed by atoms with Gasteiger partial charge >= 0.3 is 0 Å². The van der Waals surface area contributed by atoms with Gasteiger partial charge in [-0.15, -0.1) is 0 Å². The largest absolute Gasteiger partial charge is 0.480 e. The van der Waals surface area contributed by atoms with Crippen LogP contribution in [0.4, 0.5) is 0 Å². The molecule has 0 fully saturated rings. The highest BCUT2D eigenvalue weighted by Crippen LogP contribution is 2.42. The Labute approximate surface area is 290 Å². The van der Waals surface area contributed by atoms with Crippen molar-refractivity contribution in [2.75, 3.05) is 41.4 Å². The van der Waals surface area contributed by atoms with Gasteiger partial charge in [0.2, 0.25) is 11.8 Å². The molecule has 2 aromatic heterocycles. The van der Waals surface area contributed by atoms with Crippen LogP contribution in [0.3, 0.4) is 0 Å². The normalized spacial score (nSPS) is 11.2. The van der Waals surface area contributed by atoms with Crippen molar-refractivity contribution in [3.05, 3.63) is 94.8 Å². The Kier molecular flexibility index (Phi) is 13.4. The lowest BCUT2D eigenvalue weighted by Crippen LogP contribution is -2.22. The number of hydrogen-bond acceptors (Lipinski definition) is 12. The van der Waals surface area contributed by atoms with Gasteiger partial charge in [-0.05, 0) is 24.6 Å². The molecular weight excluding hydrogens is 651 g/mol. The monoisotopic (exact) mass is 688 g/mol. The quantitative estimate of drug-likeness (QED) is 0.0804. The second kappa shape index (κ2) is 17.9. The molecule has 14 heteroatoms. The third kappa shape index (κ3) is 9.14. The van der Waals surface area contributed by atoms with Crippen LogP contribution < -0.4 is 30.7 Å². The van der Waals surface area contributed by atoms with Crippen molar-refractivity contribution >= 4 is 34.6 Å². The number of halogens is 2. The summed E-state index contributed by atoms with van der Waals surface area (Å²) in [6.07, 6.45) is 10.0. The Morgan fingerprint density at radius 2 is 1.08 bits per heavy atom. The second-order valence-corrected chi connectivity index (χ2v) is 11.0. The minimum absolute atomic E-state index is 0.355. The lowest BCUT2D eigenvalue weighted by molar-refractivity contribution is 0.388. The molecule has 250 valence electrons. The molecule has 6 N–H and O–H groups in total. The van der Waals surface area contributed by atoms with Crippen LogP contribution in [0.2, 0.25) is 10.0 Å². The van der Waals surface area contributed by atoms with Crippen molar-refractivity contribution in [1.82, 2.24) is 41.2 Å². The summed E-state index contributed by atoms with van der Waals surface area (Å²) in [7, 11) is 6.63. The first-order valence-corrected chi connectivity index (χ1v) is 15.7. The van der Waals surface area contributed by atoms with Gasteiger partial charge in [0, 0.05) is 74.0 Å². The minimum Gasteiger partial charge on any atom is -0.480 e. The zero-order valence-electron chi connectivity index (χ0n) is 27.1. The summed E-state index contributed by atoms with van der Waals surface area (Å²) < 4.78 is 11.1. The van der Waals surface area contributed by atoms with Crippen LogP contribution in [-0.2, 0) is 13.1 Å². The van der Waals surface area contributed by atoms with Crippen molar-refractivity contribution in [3.8, 4) is 45.4 Å². The van der Waals surface area contributed by atoms with Gasteiger partial charge in [0.15, 0.2) is 0 Å². The molecular formula is C34H38Cl2N10O2. The van der Waals surface area contributed by atoms with E-state index in [1.807, 2.05) is 36.4 Å². The molecule has 0 aliphatic heterocycles. The van der Waals surface area contributed by atoms with Gasteiger partial charge in [-0.1, -0.05) is 59.6 Å². The predicted molar refractivity (Wildman–Crippen MR) is 192 cm³/mol. The minimum atomic E-state index is 0.355. The van der Waals surface area contributed by atoms with Gasteiger partial charge in [-0.2, -0.15) is 0 Å². The molecule has 0 spiro atoms. The second-order valence-electron chi connectivity index (χ2n) is 10.3. The zero-order valence-corrected chi connectivity index (χ0v) is 28.6. The van der Waals surface area contributed by atoms with Crippen molar-refractivity contribution in [2.45, 2.75) is 13.1 Å².